The lowest BCUT2D eigenvalue weighted by Crippen LogP contribution is -2.41. The normalized spacial score (nSPS) is 10.4. The first-order valence-corrected chi connectivity index (χ1v) is 7.83. The van der Waals surface area contributed by atoms with Crippen molar-refractivity contribution in [2.75, 3.05) is 5.73 Å². The first kappa shape index (κ1) is 21.7. The van der Waals surface area contributed by atoms with Crippen LogP contribution in [0.1, 0.15) is 36.5 Å². The van der Waals surface area contributed by atoms with Crippen molar-refractivity contribution >= 4 is 47.7 Å². The van der Waals surface area contributed by atoms with E-state index in [-0.39, 0.29) is 30.7 Å². The fourth-order valence-corrected chi connectivity index (χ4v) is 2.99. The van der Waals surface area contributed by atoms with Gasteiger partial charge in [-0.3, -0.25) is 4.79 Å². The van der Waals surface area contributed by atoms with Gasteiger partial charge in [0.15, 0.2) is 0 Å². The second-order valence-corrected chi connectivity index (χ2v) is 6.52. The second-order valence-electron chi connectivity index (χ2n) is 5.67. The molecule has 0 aliphatic carbocycles. The van der Waals surface area contributed by atoms with Crippen molar-refractivity contribution < 1.29 is 4.79 Å². The van der Waals surface area contributed by atoms with Crippen molar-refractivity contribution in [2.45, 2.75) is 39.2 Å². The molecular weight excluding hydrogens is 353 g/mol. The molecule has 1 heterocycles. The van der Waals surface area contributed by atoms with Crippen LogP contribution >= 0.6 is 36.2 Å². The smallest absolute Gasteiger partial charge is 0.221 e. The van der Waals surface area contributed by atoms with Crippen LogP contribution in [0, 0.1) is 6.92 Å². The number of nitrogens with zero attached hydrogens (tertiary/aromatic N) is 1. The Bertz CT molecular complexity index is 644. The van der Waals surface area contributed by atoms with Crippen LogP contribution < -0.4 is 11.1 Å². The van der Waals surface area contributed by atoms with Gasteiger partial charge in [0.05, 0.1) is 5.54 Å². The predicted octanol–water partition coefficient (Wildman–Crippen LogP) is 3.86. The van der Waals surface area contributed by atoms with E-state index in [1.807, 2.05) is 50.4 Å². The van der Waals surface area contributed by atoms with Gasteiger partial charge in [0.2, 0.25) is 5.91 Å². The highest BCUT2D eigenvalue weighted by molar-refractivity contribution is 7.09. The Labute approximate surface area is 153 Å². The molecule has 1 aromatic carbocycles. The lowest BCUT2D eigenvalue weighted by Gasteiger charge is -2.24. The molecule has 2 aromatic rings. The molecule has 128 valence electrons. The maximum absolute atomic E-state index is 12.1. The molecule has 0 aliphatic heterocycles. The van der Waals surface area contributed by atoms with E-state index in [4.69, 9.17) is 5.73 Å². The van der Waals surface area contributed by atoms with E-state index in [0.717, 1.165) is 22.0 Å². The van der Waals surface area contributed by atoms with Crippen LogP contribution in [0.3, 0.4) is 0 Å². The molecule has 0 atom stereocenters. The molecule has 3 N–H and O–H groups in total. The third-order valence-electron chi connectivity index (χ3n) is 3.28. The third kappa shape index (κ3) is 6.01. The fraction of sp³-hybridized carbons (Fsp3) is 0.375. The quantitative estimate of drug-likeness (QED) is 0.779. The van der Waals surface area contributed by atoms with Crippen molar-refractivity contribution in [2.24, 2.45) is 0 Å². The van der Waals surface area contributed by atoms with Gasteiger partial charge in [0.25, 0.3) is 0 Å². The SMILES string of the molecule is Cc1csc(C(C)(C)NC(=O)CCc2ccccc2N)n1.Cl.Cl. The molecule has 23 heavy (non-hydrogen) atoms. The summed E-state index contributed by atoms with van der Waals surface area (Å²) >= 11 is 1.57. The summed E-state index contributed by atoms with van der Waals surface area (Å²) in [4.78, 5) is 16.6. The number of thiazole rings is 1. The second kappa shape index (κ2) is 9.11. The Hall–Kier alpha value is -1.30. The highest BCUT2D eigenvalue weighted by atomic mass is 35.5. The molecule has 0 bridgehead atoms. The van der Waals surface area contributed by atoms with Gasteiger partial charge in [-0.05, 0) is 38.8 Å². The monoisotopic (exact) mass is 375 g/mol. The highest BCUT2D eigenvalue weighted by Crippen LogP contribution is 2.24. The maximum Gasteiger partial charge on any atom is 0.221 e. The zero-order valence-corrected chi connectivity index (χ0v) is 15.9. The van der Waals surface area contributed by atoms with Crippen molar-refractivity contribution in [1.82, 2.24) is 10.3 Å². The van der Waals surface area contributed by atoms with E-state index in [1.165, 1.54) is 0 Å². The largest absolute Gasteiger partial charge is 0.399 e. The molecule has 0 radical (unpaired) electrons. The minimum absolute atomic E-state index is 0. The van der Waals surface area contributed by atoms with Gasteiger partial charge >= 0.3 is 0 Å². The standard InChI is InChI=1S/C16H21N3OS.2ClH/c1-11-10-21-15(18-11)16(2,3)19-14(20)9-8-12-6-4-5-7-13(12)17;;/h4-7,10H,8-9,17H2,1-3H3,(H,19,20);2*1H. The van der Waals surface area contributed by atoms with Gasteiger partial charge in [-0.15, -0.1) is 36.2 Å². The summed E-state index contributed by atoms with van der Waals surface area (Å²) in [5.74, 6) is 0.0103. The third-order valence-corrected chi connectivity index (χ3v) is 4.57. The maximum atomic E-state index is 12.1. The number of aromatic nitrogens is 1. The molecule has 7 heteroatoms. The fourth-order valence-electron chi connectivity index (χ4n) is 2.12. The lowest BCUT2D eigenvalue weighted by molar-refractivity contribution is -0.122. The molecule has 0 saturated heterocycles. The van der Waals surface area contributed by atoms with Gasteiger partial charge in [0.1, 0.15) is 5.01 Å². The summed E-state index contributed by atoms with van der Waals surface area (Å²) in [6.07, 6.45) is 1.06. The summed E-state index contributed by atoms with van der Waals surface area (Å²) in [5.41, 5.74) is 8.17. The Balaban J connectivity index is 0.00000242. The summed E-state index contributed by atoms with van der Waals surface area (Å²) in [5, 5.41) is 5.96. The van der Waals surface area contributed by atoms with E-state index in [1.54, 1.807) is 11.3 Å². The topological polar surface area (TPSA) is 68.0 Å². The van der Waals surface area contributed by atoms with Gasteiger partial charge in [-0.1, -0.05) is 18.2 Å². The van der Waals surface area contributed by atoms with Gasteiger partial charge in [0, 0.05) is 23.2 Å². The Morgan fingerprint density at radius 2 is 1.96 bits per heavy atom. The Morgan fingerprint density at radius 3 is 2.52 bits per heavy atom. The van der Waals surface area contributed by atoms with E-state index in [9.17, 15) is 4.79 Å². The zero-order chi connectivity index (χ0) is 15.5. The molecule has 0 fully saturated rings. The molecular formula is C16H23Cl2N3OS. The van der Waals surface area contributed by atoms with Gasteiger partial charge in [-0.25, -0.2) is 4.98 Å². The van der Waals surface area contributed by atoms with Crippen LogP contribution in [0.2, 0.25) is 0 Å². The van der Waals surface area contributed by atoms with Crippen molar-refractivity contribution in [3.8, 4) is 0 Å². The number of anilines is 1. The first-order valence-electron chi connectivity index (χ1n) is 6.95. The zero-order valence-electron chi connectivity index (χ0n) is 13.5. The number of nitrogens with one attached hydrogen (secondary N) is 1. The molecule has 0 aliphatic rings. The summed E-state index contributed by atoms with van der Waals surface area (Å²) < 4.78 is 0. The number of carbonyl (C=O) groups excluding carboxylic acids is 1. The number of hydrogen-bond donors (Lipinski definition) is 2. The lowest BCUT2D eigenvalue weighted by atomic mass is 10.0. The number of nitrogens with two attached hydrogens (primary N) is 1. The van der Waals surface area contributed by atoms with E-state index >= 15 is 0 Å². The average molecular weight is 376 g/mol. The number of carbonyl (C=O) groups is 1. The Morgan fingerprint density at radius 1 is 1.30 bits per heavy atom. The van der Waals surface area contributed by atoms with E-state index in [0.29, 0.717) is 12.8 Å². The van der Waals surface area contributed by atoms with Crippen molar-refractivity contribution in [3.63, 3.8) is 0 Å². The number of halogens is 2. The van der Waals surface area contributed by atoms with Crippen LogP contribution in [-0.2, 0) is 16.8 Å². The highest BCUT2D eigenvalue weighted by Gasteiger charge is 2.25. The minimum Gasteiger partial charge on any atom is -0.399 e. The number of benzene rings is 1. The van der Waals surface area contributed by atoms with Crippen molar-refractivity contribution in [1.29, 1.82) is 0 Å². The van der Waals surface area contributed by atoms with Gasteiger partial charge in [-0.2, -0.15) is 0 Å². The van der Waals surface area contributed by atoms with Crippen LogP contribution in [0.25, 0.3) is 0 Å². The number of hydrogen-bond acceptors (Lipinski definition) is 4. The van der Waals surface area contributed by atoms with Crippen LogP contribution in [0.5, 0.6) is 0 Å². The van der Waals surface area contributed by atoms with Crippen molar-refractivity contribution in [3.05, 3.63) is 45.9 Å². The number of rotatable bonds is 5. The molecule has 0 saturated carbocycles. The molecule has 4 nitrogen and oxygen atoms in total. The predicted molar refractivity (Wildman–Crippen MR) is 102 cm³/mol. The van der Waals surface area contributed by atoms with Crippen LogP contribution in [0.4, 0.5) is 5.69 Å². The minimum atomic E-state index is -0.446. The summed E-state index contributed by atoms with van der Waals surface area (Å²) in [6, 6.07) is 7.64. The number of nitrogen functional groups attached to an aromatic ring is 1. The summed E-state index contributed by atoms with van der Waals surface area (Å²) in [7, 11) is 0. The Kier molecular flexibility index (Phi) is 8.59. The van der Waals surface area contributed by atoms with Crippen LogP contribution in [-0.4, -0.2) is 10.9 Å². The molecule has 0 spiro atoms. The van der Waals surface area contributed by atoms with Crippen LogP contribution in [0.15, 0.2) is 29.6 Å². The first-order chi connectivity index (χ1) is 9.88. The summed E-state index contributed by atoms with van der Waals surface area (Å²) in [6.45, 7) is 5.90. The molecule has 2 rings (SSSR count). The van der Waals surface area contributed by atoms with Gasteiger partial charge < -0.3 is 11.1 Å². The average Bonchev–Trinajstić information content (AvgIpc) is 2.85. The number of para-hydroxylation sites is 1. The number of amides is 1. The van der Waals surface area contributed by atoms with E-state index < -0.39 is 5.54 Å². The molecule has 1 amide bonds. The molecule has 0 unspecified atom stereocenters. The molecule has 1 aromatic heterocycles. The van der Waals surface area contributed by atoms with E-state index in [2.05, 4.69) is 10.3 Å². The number of aryl methyl sites for hydroxylation is 2.